The SMILES string of the molecule is CCNC(=NCC(C)(C)OC)NCCCS(C)(=O)=O. The van der Waals surface area contributed by atoms with Gasteiger partial charge in [-0.25, -0.2) is 8.42 Å². The largest absolute Gasteiger partial charge is 0.377 e. The Bertz CT molecular complexity index is 378. The Hall–Kier alpha value is -0.820. The van der Waals surface area contributed by atoms with Gasteiger partial charge in [0.15, 0.2) is 5.96 Å². The molecule has 0 fully saturated rings. The minimum absolute atomic E-state index is 0.184. The van der Waals surface area contributed by atoms with Gasteiger partial charge in [-0.1, -0.05) is 0 Å². The molecule has 114 valence electrons. The van der Waals surface area contributed by atoms with Gasteiger partial charge < -0.3 is 15.4 Å². The van der Waals surface area contributed by atoms with Gasteiger partial charge in [-0.05, 0) is 27.2 Å². The zero-order chi connectivity index (χ0) is 14.9. The average molecular weight is 293 g/mol. The molecule has 0 spiro atoms. The minimum Gasteiger partial charge on any atom is -0.377 e. The van der Waals surface area contributed by atoms with E-state index in [1.54, 1.807) is 7.11 Å². The third-order valence-corrected chi connectivity index (χ3v) is 3.53. The highest BCUT2D eigenvalue weighted by Gasteiger charge is 2.15. The van der Waals surface area contributed by atoms with Crippen LogP contribution in [0.1, 0.15) is 27.2 Å². The van der Waals surface area contributed by atoms with E-state index < -0.39 is 9.84 Å². The lowest BCUT2D eigenvalue weighted by molar-refractivity contribution is 0.0310. The molecule has 0 bridgehead atoms. The zero-order valence-corrected chi connectivity index (χ0v) is 13.4. The Balaban J connectivity index is 4.22. The van der Waals surface area contributed by atoms with Crippen LogP contribution in [0.5, 0.6) is 0 Å². The Kier molecular flexibility index (Phi) is 8.01. The first-order chi connectivity index (χ1) is 8.70. The van der Waals surface area contributed by atoms with Gasteiger partial charge in [0.2, 0.25) is 0 Å². The van der Waals surface area contributed by atoms with Crippen molar-refractivity contribution in [3.05, 3.63) is 0 Å². The minimum atomic E-state index is -2.89. The average Bonchev–Trinajstić information content (AvgIpc) is 2.30. The van der Waals surface area contributed by atoms with Crippen LogP contribution in [0.15, 0.2) is 4.99 Å². The molecule has 0 atom stereocenters. The summed E-state index contributed by atoms with van der Waals surface area (Å²) in [6.45, 7) is 7.77. The molecule has 0 saturated carbocycles. The molecule has 0 aromatic heterocycles. The third-order valence-electron chi connectivity index (χ3n) is 2.50. The Labute approximate surface area is 116 Å². The molecule has 0 amide bonds. The zero-order valence-electron chi connectivity index (χ0n) is 12.6. The molecule has 0 aliphatic rings. The fourth-order valence-corrected chi connectivity index (χ4v) is 1.89. The van der Waals surface area contributed by atoms with Crippen molar-refractivity contribution in [2.45, 2.75) is 32.8 Å². The maximum absolute atomic E-state index is 11.0. The lowest BCUT2D eigenvalue weighted by atomic mass is 10.1. The molecule has 2 N–H and O–H groups in total. The number of methoxy groups -OCH3 is 1. The van der Waals surface area contributed by atoms with Crippen molar-refractivity contribution in [2.75, 3.05) is 38.8 Å². The molecule has 0 radical (unpaired) electrons. The Morgan fingerprint density at radius 3 is 2.42 bits per heavy atom. The fraction of sp³-hybridized carbons (Fsp3) is 0.917. The monoisotopic (exact) mass is 293 g/mol. The van der Waals surface area contributed by atoms with Crippen molar-refractivity contribution in [3.8, 4) is 0 Å². The summed E-state index contributed by atoms with van der Waals surface area (Å²) in [5, 5.41) is 6.22. The highest BCUT2D eigenvalue weighted by molar-refractivity contribution is 7.90. The van der Waals surface area contributed by atoms with E-state index in [2.05, 4.69) is 15.6 Å². The van der Waals surface area contributed by atoms with Crippen molar-refractivity contribution < 1.29 is 13.2 Å². The number of rotatable bonds is 8. The van der Waals surface area contributed by atoms with E-state index in [0.29, 0.717) is 25.5 Å². The molecular formula is C12H27N3O3S. The predicted molar refractivity (Wildman–Crippen MR) is 79.4 cm³/mol. The van der Waals surface area contributed by atoms with Gasteiger partial charge in [-0.3, -0.25) is 4.99 Å². The van der Waals surface area contributed by atoms with Gasteiger partial charge >= 0.3 is 0 Å². The molecule has 0 heterocycles. The molecule has 6 nitrogen and oxygen atoms in total. The van der Waals surface area contributed by atoms with Crippen molar-refractivity contribution in [2.24, 2.45) is 4.99 Å². The lowest BCUT2D eigenvalue weighted by Gasteiger charge is -2.21. The Morgan fingerprint density at radius 1 is 1.32 bits per heavy atom. The van der Waals surface area contributed by atoms with Crippen molar-refractivity contribution >= 4 is 15.8 Å². The number of nitrogens with zero attached hydrogens (tertiary/aromatic N) is 1. The number of nitrogens with one attached hydrogen (secondary N) is 2. The second-order valence-electron chi connectivity index (χ2n) is 5.07. The van der Waals surface area contributed by atoms with Crippen LogP contribution in [0.2, 0.25) is 0 Å². The molecule has 0 aromatic carbocycles. The molecular weight excluding hydrogens is 266 g/mol. The second-order valence-corrected chi connectivity index (χ2v) is 7.33. The summed E-state index contributed by atoms with van der Waals surface area (Å²) in [7, 11) is -1.24. The summed E-state index contributed by atoms with van der Waals surface area (Å²) >= 11 is 0. The molecule has 0 aliphatic heterocycles. The highest BCUT2D eigenvalue weighted by atomic mass is 32.2. The Morgan fingerprint density at radius 2 is 1.95 bits per heavy atom. The first-order valence-corrected chi connectivity index (χ1v) is 8.51. The molecule has 0 rings (SSSR count). The number of aliphatic imine (C=N–C) groups is 1. The summed E-state index contributed by atoms with van der Waals surface area (Å²) in [5.74, 6) is 0.865. The van der Waals surface area contributed by atoms with E-state index in [1.807, 2.05) is 20.8 Å². The standard InChI is InChI=1S/C12H27N3O3S/c1-6-13-11(15-10-12(2,3)18-4)14-8-7-9-19(5,16)17/h6-10H2,1-5H3,(H2,13,14,15). The van der Waals surface area contributed by atoms with Crippen LogP contribution in [0.3, 0.4) is 0 Å². The normalized spacial score (nSPS) is 13.4. The van der Waals surface area contributed by atoms with Gasteiger partial charge in [0.05, 0.1) is 17.9 Å². The molecule has 0 aliphatic carbocycles. The number of guanidine groups is 1. The summed E-state index contributed by atoms with van der Waals surface area (Å²) in [6.07, 6.45) is 1.81. The van der Waals surface area contributed by atoms with Gasteiger partial charge in [0.25, 0.3) is 0 Å². The molecule has 0 unspecified atom stereocenters. The van der Waals surface area contributed by atoms with E-state index >= 15 is 0 Å². The van der Waals surface area contributed by atoms with Crippen LogP contribution in [0.4, 0.5) is 0 Å². The van der Waals surface area contributed by atoms with Crippen LogP contribution < -0.4 is 10.6 Å². The van der Waals surface area contributed by atoms with Gasteiger partial charge in [-0.2, -0.15) is 0 Å². The fourth-order valence-electron chi connectivity index (χ4n) is 1.22. The van der Waals surface area contributed by atoms with E-state index in [4.69, 9.17) is 4.74 Å². The maximum atomic E-state index is 11.0. The molecule has 0 aromatic rings. The van der Waals surface area contributed by atoms with Crippen LogP contribution in [-0.4, -0.2) is 58.7 Å². The van der Waals surface area contributed by atoms with E-state index in [1.165, 1.54) is 6.26 Å². The quantitative estimate of drug-likeness (QED) is 0.385. The summed E-state index contributed by atoms with van der Waals surface area (Å²) in [5.41, 5.74) is -0.310. The van der Waals surface area contributed by atoms with Gasteiger partial charge in [0, 0.05) is 26.5 Å². The van der Waals surface area contributed by atoms with Crippen LogP contribution in [0.25, 0.3) is 0 Å². The second kappa shape index (κ2) is 8.37. The lowest BCUT2D eigenvalue weighted by Crippen LogP contribution is -2.39. The first-order valence-electron chi connectivity index (χ1n) is 6.45. The predicted octanol–water partition coefficient (Wildman–Crippen LogP) is 0.401. The van der Waals surface area contributed by atoms with Crippen LogP contribution >= 0.6 is 0 Å². The van der Waals surface area contributed by atoms with E-state index in [-0.39, 0.29) is 11.4 Å². The summed E-state index contributed by atoms with van der Waals surface area (Å²) in [4.78, 5) is 4.41. The number of sulfone groups is 1. The third kappa shape index (κ3) is 10.8. The topological polar surface area (TPSA) is 79.8 Å². The summed E-state index contributed by atoms with van der Waals surface area (Å²) < 4.78 is 27.3. The highest BCUT2D eigenvalue weighted by Crippen LogP contribution is 2.06. The van der Waals surface area contributed by atoms with Gasteiger partial charge in [0.1, 0.15) is 9.84 Å². The first kappa shape index (κ1) is 18.2. The molecule has 7 heteroatoms. The van der Waals surface area contributed by atoms with Crippen molar-refractivity contribution in [3.63, 3.8) is 0 Å². The molecule has 19 heavy (non-hydrogen) atoms. The smallest absolute Gasteiger partial charge is 0.191 e. The summed E-state index contributed by atoms with van der Waals surface area (Å²) in [6, 6.07) is 0. The van der Waals surface area contributed by atoms with E-state index in [0.717, 1.165) is 6.54 Å². The number of ether oxygens (including phenoxy) is 1. The maximum Gasteiger partial charge on any atom is 0.191 e. The number of hydrogen-bond acceptors (Lipinski definition) is 4. The van der Waals surface area contributed by atoms with Crippen molar-refractivity contribution in [1.29, 1.82) is 0 Å². The molecule has 0 saturated heterocycles. The van der Waals surface area contributed by atoms with Crippen LogP contribution in [0, 0.1) is 0 Å². The van der Waals surface area contributed by atoms with Gasteiger partial charge in [-0.15, -0.1) is 0 Å². The number of hydrogen-bond donors (Lipinski definition) is 2. The van der Waals surface area contributed by atoms with E-state index in [9.17, 15) is 8.42 Å². The van der Waals surface area contributed by atoms with Crippen LogP contribution in [-0.2, 0) is 14.6 Å². The van der Waals surface area contributed by atoms with Crippen molar-refractivity contribution in [1.82, 2.24) is 10.6 Å².